The summed E-state index contributed by atoms with van der Waals surface area (Å²) >= 11 is 0. The van der Waals surface area contributed by atoms with E-state index in [9.17, 15) is 0 Å². The Balaban J connectivity index is 3.64. The lowest BCUT2D eigenvalue weighted by atomic mass is 11.1. The van der Waals surface area contributed by atoms with E-state index in [1.165, 1.54) is 5.94 Å². The van der Waals surface area contributed by atoms with Crippen LogP contribution >= 0.6 is 0 Å². The van der Waals surface area contributed by atoms with Gasteiger partial charge in [-0.1, -0.05) is 5.11 Å². The van der Waals surface area contributed by atoms with Crippen molar-refractivity contribution in [3.8, 4) is 0 Å². The molecule has 0 saturated carbocycles. The average molecular weight is 83.0 g/mol. The maximum absolute atomic E-state index is 9.12. The molecule has 0 fully saturated rings. The van der Waals surface area contributed by atoms with Crippen molar-refractivity contribution in [2.24, 2.45) is 5.11 Å². The molecule has 4 heteroatoms. The van der Waals surface area contributed by atoms with Gasteiger partial charge in [-0.3, -0.25) is 0 Å². The summed E-state index contributed by atoms with van der Waals surface area (Å²) in [7, 11) is 0. The van der Waals surface area contributed by atoms with Crippen molar-refractivity contribution in [3.05, 3.63) is 16.6 Å². The van der Waals surface area contributed by atoms with Crippen molar-refractivity contribution in [2.45, 2.75) is 0 Å². The van der Waals surface area contributed by atoms with Crippen LogP contribution in [0.1, 0.15) is 0 Å². The molecule has 30 valence electrons. The SMILES string of the molecule is [N-]=[N+]=NC=C=O. The molecule has 0 aliphatic rings. The zero-order valence-electron chi connectivity index (χ0n) is 2.83. The zero-order chi connectivity index (χ0) is 4.83. The monoisotopic (exact) mass is 83.0 g/mol. The second kappa shape index (κ2) is 3.76. The highest BCUT2D eigenvalue weighted by molar-refractivity contribution is 5.43. The molecular formula is C2HN3O. The average Bonchev–Trinajstić information content (AvgIpc) is 1.61. The molecule has 6 heavy (non-hydrogen) atoms. The fourth-order valence-corrected chi connectivity index (χ4v) is 0.0494. The molecule has 0 aromatic heterocycles. The number of azide groups is 1. The van der Waals surface area contributed by atoms with E-state index >= 15 is 0 Å². The fraction of sp³-hybridized carbons (Fsp3) is 0. The van der Waals surface area contributed by atoms with Crippen molar-refractivity contribution in [1.29, 1.82) is 0 Å². The molecule has 0 radical (unpaired) electrons. The van der Waals surface area contributed by atoms with Crippen LogP contribution in [0.3, 0.4) is 0 Å². The first-order valence-corrected chi connectivity index (χ1v) is 1.15. The summed E-state index contributed by atoms with van der Waals surface area (Å²) in [4.78, 5) is 11.4. The van der Waals surface area contributed by atoms with Crippen LogP contribution in [0.25, 0.3) is 10.4 Å². The van der Waals surface area contributed by atoms with Gasteiger partial charge in [0.2, 0.25) is 0 Å². The van der Waals surface area contributed by atoms with E-state index in [-0.39, 0.29) is 0 Å². The van der Waals surface area contributed by atoms with Gasteiger partial charge in [-0.05, 0) is 5.53 Å². The predicted octanol–water partition coefficient (Wildman–Crippen LogP) is 0.642. The Hall–Kier alpha value is -1.24. The largest absolute Gasteiger partial charge is 0.234 e. The highest BCUT2D eigenvalue weighted by atomic mass is 16.1. The minimum Gasteiger partial charge on any atom is -0.234 e. The summed E-state index contributed by atoms with van der Waals surface area (Å²) in [6, 6.07) is 0. The van der Waals surface area contributed by atoms with Crippen LogP contribution in [0.15, 0.2) is 11.3 Å². The Morgan fingerprint density at radius 3 is 2.83 bits per heavy atom. The zero-order valence-corrected chi connectivity index (χ0v) is 2.83. The van der Waals surface area contributed by atoms with E-state index in [4.69, 9.17) is 10.3 Å². The molecule has 0 aromatic carbocycles. The Morgan fingerprint density at radius 1 is 2.00 bits per heavy atom. The Morgan fingerprint density at radius 2 is 2.67 bits per heavy atom. The van der Waals surface area contributed by atoms with Crippen molar-refractivity contribution in [2.75, 3.05) is 0 Å². The third-order valence-electron chi connectivity index (χ3n) is 0.162. The Kier molecular flexibility index (Phi) is 2.98. The second-order valence-corrected chi connectivity index (χ2v) is 0.452. The summed E-state index contributed by atoms with van der Waals surface area (Å²) in [6.45, 7) is 0. The van der Waals surface area contributed by atoms with Gasteiger partial charge in [0, 0.05) is 4.91 Å². The van der Waals surface area contributed by atoms with E-state index in [2.05, 4.69) is 10.0 Å². The van der Waals surface area contributed by atoms with Crippen molar-refractivity contribution in [1.82, 2.24) is 0 Å². The molecule has 0 aliphatic heterocycles. The molecule has 0 bridgehead atoms. The van der Waals surface area contributed by atoms with Crippen LogP contribution in [0.5, 0.6) is 0 Å². The quantitative estimate of drug-likeness (QED) is 0.198. The topological polar surface area (TPSA) is 65.8 Å². The molecule has 0 aliphatic carbocycles. The van der Waals surface area contributed by atoms with Crippen molar-refractivity contribution in [3.63, 3.8) is 0 Å². The lowest BCUT2D eigenvalue weighted by molar-refractivity contribution is 0.568. The van der Waals surface area contributed by atoms with Crippen LogP contribution in [-0.2, 0) is 4.79 Å². The van der Waals surface area contributed by atoms with Gasteiger partial charge in [0.15, 0.2) is 0 Å². The molecule has 0 saturated heterocycles. The lowest BCUT2D eigenvalue weighted by Gasteiger charge is -1.44. The highest BCUT2D eigenvalue weighted by Gasteiger charge is 1.48. The van der Waals surface area contributed by atoms with E-state index < -0.39 is 0 Å². The van der Waals surface area contributed by atoms with Crippen molar-refractivity contribution >= 4 is 5.94 Å². The number of rotatable bonds is 1. The van der Waals surface area contributed by atoms with Crippen LogP contribution in [0.4, 0.5) is 0 Å². The number of nitrogens with zero attached hydrogens (tertiary/aromatic N) is 3. The fourth-order valence-electron chi connectivity index (χ4n) is 0.0494. The van der Waals surface area contributed by atoms with Crippen molar-refractivity contribution < 1.29 is 4.79 Å². The molecule has 4 nitrogen and oxygen atoms in total. The first kappa shape index (κ1) is 4.76. The molecule has 0 amide bonds. The third kappa shape index (κ3) is 2.76. The first-order valence-electron chi connectivity index (χ1n) is 1.15. The number of carbonyl (C=O) groups excluding carboxylic acids is 1. The minimum atomic E-state index is 0.708. The van der Waals surface area contributed by atoms with Gasteiger partial charge in [0.1, 0.15) is 5.94 Å². The Bertz CT molecular complexity index is 101. The number of hydrogen-bond donors (Lipinski definition) is 0. The third-order valence-corrected chi connectivity index (χ3v) is 0.162. The molecule has 0 aromatic rings. The van der Waals surface area contributed by atoms with E-state index in [0.29, 0.717) is 6.20 Å². The maximum atomic E-state index is 9.12. The first-order chi connectivity index (χ1) is 2.91. The molecule has 0 heterocycles. The second-order valence-electron chi connectivity index (χ2n) is 0.452. The van der Waals surface area contributed by atoms with Gasteiger partial charge >= 0.3 is 0 Å². The van der Waals surface area contributed by atoms with Gasteiger partial charge in [-0.15, -0.1) is 0 Å². The van der Waals surface area contributed by atoms with Gasteiger partial charge in [0.05, 0.1) is 6.20 Å². The van der Waals surface area contributed by atoms with Gasteiger partial charge in [0.25, 0.3) is 0 Å². The summed E-state index contributed by atoms with van der Waals surface area (Å²) in [5, 5.41) is 2.72. The standard InChI is InChI=1S/C2HN3O/c3-5-4-1-2-6/h1H. The molecular weight excluding hydrogens is 82.0 g/mol. The van der Waals surface area contributed by atoms with Gasteiger partial charge < -0.3 is 0 Å². The summed E-state index contributed by atoms with van der Waals surface area (Å²) < 4.78 is 0. The van der Waals surface area contributed by atoms with E-state index in [1.54, 1.807) is 0 Å². The minimum absolute atomic E-state index is 0.708. The summed E-state index contributed by atoms with van der Waals surface area (Å²) in [6.07, 6.45) is 0.708. The molecule has 0 unspecified atom stereocenters. The van der Waals surface area contributed by atoms with Crippen LogP contribution in [0.2, 0.25) is 0 Å². The predicted molar refractivity (Wildman–Crippen MR) is 19.4 cm³/mol. The lowest BCUT2D eigenvalue weighted by Crippen LogP contribution is -1.38. The highest BCUT2D eigenvalue weighted by Crippen LogP contribution is 1.60. The maximum Gasteiger partial charge on any atom is 0.126 e. The smallest absolute Gasteiger partial charge is 0.126 e. The molecule has 0 spiro atoms. The van der Waals surface area contributed by atoms with Gasteiger partial charge in [-0.2, -0.15) is 0 Å². The van der Waals surface area contributed by atoms with E-state index in [0.717, 1.165) is 0 Å². The molecule has 0 atom stereocenters. The van der Waals surface area contributed by atoms with Crippen LogP contribution in [0, 0.1) is 0 Å². The van der Waals surface area contributed by atoms with Gasteiger partial charge in [-0.25, -0.2) is 4.79 Å². The Labute approximate surface area is 33.7 Å². The molecule has 0 rings (SSSR count). The summed E-state index contributed by atoms with van der Waals surface area (Å²) in [5.74, 6) is 1.27. The van der Waals surface area contributed by atoms with Crippen LogP contribution in [-0.4, -0.2) is 5.94 Å². The molecule has 0 N–H and O–H groups in total. The normalized spacial score (nSPS) is 4.67. The summed E-state index contributed by atoms with van der Waals surface area (Å²) in [5.41, 5.74) is 7.45. The van der Waals surface area contributed by atoms with E-state index in [1.807, 2.05) is 0 Å². The number of hydrogen-bond acceptors (Lipinski definition) is 2. The van der Waals surface area contributed by atoms with Crippen LogP contribution < -0.4 is 0 Å².